The van der Waals surface area contributed by atoms with Crippen molar-refractivity contribution in [2.24, 2.45) is 11.8 Å². The van der Waals surface area contributed by atoms with Crippen LogP contribution in [0, 0.1) is 11.8 Å². The van der Waals surface area contributed by atoms with Crippen molar-refractivity contribution in [1.29, 1.82) is 0 Å². The lowest BCUT2D eigenvalue weighted by Gasteiger charge is -2.50. The Morgan fingerprint density at radius 1 is 0.867 bits per heavy atom. The molecular formula is C13H27NO. The number of amides is 1. The maximum Gasteiger partial charge on any atom is 0.210 e. The summed E-state index contributed by atoms with van der Waals surface area (Å²) >= 11 is 0. The van der Waals surface area contributed by atoms with E-state index in [9.17, 15) is 4.79 Å². The second kappa shape index (κ2) is 4.54. The monoisotopic (exact) mass is 213 g/mol. The van der Waals surface area contributed by atoms with Crippen LogP contribution in [0.2, 0.25) is 0 Å². The number of carbonyl (C=O) groups excluding carboxylic acids is 1. The van der Waals surface area contributed by atoms with E-state index in [1.807, 2.05) is 4.90 Å². The van der Waals surface area contributed by atoms with Crippen molar-refractivity contribution >= 4 is 6.41 Å². The highest BCUT2D eigenvalue weighted by Gasteiger charge is 2.40. The highest BCUT2D eigenvalue weighted by molar-refractivity contribution is 5.50. The van der Waals surface area contributed by atoms with Crippen molar-refractivity contribution in [1.82, 2.24) is 4.90 Å². The lowest BCUT2D eigenvalue weighted by atomic mass is 9.80. The smallest absolute Gasteiger partial charge is 0.210 e. The van der Waals surface area contributed by atoms with Gasteiger partial charge in [0.15, 0.2) is 0 Å². The summed E-state index contributed by atoms with van der Waals surface area (Å²) in [6.45, 7) is 17.2. The molecule has 0 saturated carbocycles. The fraction of sp³-hybridized carbons (Fsp3) is 0.923. The summed E-state index contributed by atoms with van der Waals surface area (Å²) in [5.41, 5.74) is -0.203. The standard InChI is InChI=1S/C13H27NO/c1-10(2)12(5,6)14(9-15)13(7,8)11(3)4/h9-11H,1-8H3. The zero-order valence-corrected chi connectivity index (χ0v) is 11.6. The topological polar surface area (TPSA) is 20.3 Å². The maximum absolute atomic E-state index is 11.3. The summed E-state index contributed by atoms with van der Waals surface area (Å²) in [5.74, 6) is 0.890. The molecule has 90 valence electrons. The molecule has 0 aliphatic rings. The highest BCUT2D eigenvalue weighted by Crippen LogP contribution is 2.33. The first-order chi connectivity index (χ1) is 6.58. The van der Waals surface area contributed by atoms with E-state index in [2.05, 4.69) is 55.4 Å². The van der Waals surface area contributed by atoms with Gasteiger partial charge in [0, 0.05) is 11.1 Å². The minimum atomic E-state index is -0.102. The predicted octanol–water partition coefficient (Wildman–Crippen LogP) is 3.31. The molecule has 0 saturated heterocycles. The lowest BCUT2D eigenvalue weighted by Crippen LogP contribution is -2.59. The zero-order valence-electron chi connectivity index (χ0n) is 11.6. The molecule has 0 bridgehead atoms. The van der Waals surface area contributed by atoms with Gasteiger partial charge in [-0.25, -0.2) is 0 Å². The van der Waals surface area contributed by atoms with E-state index >= 15 is 0 Å². The van der Waals surface area contributed by atoms with Crippen molar-refractivity contribution in [3.05, 3.63) is 0 Å². The van der Waals surface area contributed by atoms with Crippen LogP contribution in [-0.2, 0) is 4.79 Å². The van der Waals surface area contributed by atoms with E-state index in [4.69, 9.17) is 0 Å². The zero-order chi connectivity index (χ0) is 12.4. The van der Waals surface area contributed by atoms with Crippen molar-refractivity contribution in [2.45, 2.75) is 66.5 Å². The third kappa shape index (κ3) is 2.73. The third-order valence-corrected chi connectivity index (χ3v) is 4.17. The molecule has 0 radical (unpaired) electrons. The number of rotatable bonds is 5. The van der Waals surface area contributed by atoms with Gasteiger partial charge in [0.05, 0.1) is 0 Å². The molecule has 0 aromatic heterocycles. The van der Waals surface area contributed by atoms with Crippen molar-refractivity contribution < 1.29 is 4.79 Å². The first-order valence-corrected chi connectivity index (χ1v) is 5.83. The molecule has 2 nitrogen and oxygen atoms in total. The summed E-state index contributed by atoms with van der Waals surface area (Å²) in [5, 5.41) is 0. The molecule has 15 heavy (non-hydrogen) atoms. The van der Waals surface area contributed by atoms with Gasteiger partial charge in [0.25, 0.3) is 0 Å². The van der Waals surface area contributed by atoms with Crippen molar-refractivity contribution in [3.63, 3.8) is 0 Å². The van der Waals surface area contributed by atoms with Crippen LogP contribution in [0.5, 0.6) is 0 Å². The van der Waals surface area contributed by atoms with Gasteiger partial charge in [-0.15, -0.1) is 0 Å². The normalized spacial score (nSPS) is 13.5. The van der Waals surface area contributed by atoms with E-state index in [0.29, 0.717) is 11.8 Å². The average Bonchev–Trinajstić information content (AvgIpc) is 2.03. The average molecular weight is 213 g/mol. The van der Waals surface area contributed by atoms with Crippen LogP contribution < -0.4 is 0 Å². The molecule has 0 rings (SSSR count). The Bertz CT molecular complexity index is 197. The minimum absolute atomic E-state index is 0.102. The first-order valence-electron chi connectivity index (χ1n) is 5.83. The molecule has 0 spiro atoms. The molecule has 0 aromatic carbocycles. The molecule has 0 atom stereocenters. The number of carbonyl (C=O) groups is 1. The van der Waals surface area contributed by atoms with Gasteiger partial charge in [-0.2, -0.15) is 0 Å². The summed E-state index contributed by atoms with van der Waals surface area (Å²) < 4.78 is 0. The Labute approximate surface area is 95.0 Å². The van der Waals surface area contributed by atoms with Crippen LogP contribution in [0.15, 0.2) is 0 Å². The number of hydrogen-bond donors (Lipinski definition) is 0. The van der Waals surface area contributed by atoms with E-state index in [-0.39, 0.29) is 11.1 Å². The van der Waals surface area contributed by atoms with Crippen molar-refractivity contribution in [2.75, 3.05) is 0 Å². The molecule has 0 unspecified atom stereocenters. The molecule has 0 aromatic rings. The summed E-state index contributed by atoms with van der Waals surface area (Å²) in [6, 6.07) is 0. The van der Waals surface area contributed by atoms with Gasteiger partial charge in [-0.3, -0.25) is 4.79 Å². The van der Waals surface area contributed by atoms with Gasteiger partial charge in [-0.1, -0.05) is 27.7 Å². The van der Waals surface area contributed by atoms with Crippen LogP contribution in [0.4, 0.5) is 0 Å². The van der Waals surface area contributed by atoms with E-state index in [0.717, 1.165) is 6.41 Å². The Hall–Kier alpha value is -0.530. The van der Waals surface area contributed by atoms with Gasteiger partial charge < -0.3 is 4.90 Å². The van der Waals surface area contributed by atoms with Crippen molar-refractivity contribution in [3.8, 4) is 0 Å². The van der Waals surface area contributed by atoms with E-state index in [1.54, 1.807) is 0 Å². The predicted molar refractivity (Wildman–Crippen MR) is 65.7 cm³/mol. The molecule has 0 aliphatic heterocycles. The Kier molecular flexibility index (Phi) is 4.38. The first kappa shape index (κ1) is 14.5. The quantitative estimate of drug-likeness (QED) is 0.642. The Morgan fingerprint density at radius 2 is 1.13 bits per heavy atom. The number of nitrogens with zero attached hydrogens (tertiary/aromatic N) is 1. The molecule has 1 amide bonds. The highest BCUT2D eigenvalue weighted by atomic mass is 16.1. The van der Waals surface area contributed by atoms with Crippen LogP contribution in [0.25, 0.3) is 0 Å². The summed E-state index contributed by atoms with van der Waals surface area (Å²) in [6.07, 6.45) is 1.00. The van der Waals surface area contributed by atoms with Gasteiger partial charge >= 0.3 is 0 Å². The molecular weight excluding hydrogens is 186 g/mol. The van der Waals surface area contributed by atoms with Gasteiger partial charge in [0.1, 0.15) is 0 Å². The van der Waals surface area contributed by atoms with Crippen LogP contribution in [-0.4, -0.2) is 22.4 Å². The number of hydrogen-bond acceptors (Lipinski definition) is 1. The fourth-order valence-corrected chi connectivity index (χ4v) is 1.57. The van der Waals surface area contributed by atoms with Crippen LogP contribution in [0.3, 0.4) is 0 Å². The lowest BCUT2D eigenvalue weighted by molar-refractivity contribution is -0.135. The molecule has 0 fully saturated rings. The fourth-order valence-electron chi connectivity index (χ4n) is 1.57. The van der Waals surface area contributed by atoms with Gasteiger partial charge in [-0.05, 0) is 39.5 Å². The maximum atomic E-state index is 11.3. The Balaban J connectivity index is 5.16. The minimum Gasteiger partial charge on any atom is -0.335 e. The SMILES string of the molecule is CC(C)C(C)(C)N(C=O)C(C)(C)C(C)C. The van der Waals surface area contributed by atoms with Gasteiger partial charge in [0.2, 0.25) is 6.41 Å². The molecule has 0 heterocycles. The largest absolute Gasteiger partial charge is 0.335 e. The summed E-state index contributed by atoms with van der Waals surface area (Å²) in [4.78, 5) is 13.3. The van der Waals surface area contributed by atoms with Crippen LogP contribution >= 0.6 is 0 Å². The van der Waals surface area contributed by atoms with Crippen LogP contribution in [0.1, 0.15) is 55.4 Å². The second-order valence-corrected chi connectivity index (χ2v) is 6.09. The third-order valence-electron chi connectivity index (χ3n) is 4.17. The van der Waals surface area contributed by atoms with E-state index in [1.165, 1.54) is 0 Å². The summed E-state index contributed by atoms with van der Waals surface area (Å²) in [7, 11) is 0. The second-order valence-electron chi connectivity index (χ2n) is 6.09. The molecule has 0 N–H and O–H groups in total. The molecule has 2 heteroatoms. The molecule has 0 aliphatic carbocycles. The van der Waals surface area contributed by atoms with E-state index < -0.39 is 0 Å². The Morgan fingerprint density at radius 3 is 1.27 bits per heavy atom.